The van der Waals surface area contributed by atoms with Crippen LogP contribution in [0.2, 0.25) is 0 Å². The van der Waals surface area contributed by atoms with E-state index in [2.05, 4.69) is 10.2 Å². The van der Waals surface area contributed by atoms with Gasteiger partial charge >= 0.3 is 6.09 Å². The van der Waals surface area contributed by atoms with Crippen LogP contribution in [0.25, 0.3) is 0 Å². The van der Waals surface area contributed by atoms with Crippen molar-refractivity contribution in [3.63, 3.8) is 0 Å². The smallest absolute Gasteiger partial charge is 0.407 e. The van der Waals surface area contributed by atoms with Crippen LogP contribution in [0.5, 0.6) is 0 Å². The first kappa shape index (κ1) is 17.0. The second-order valence-electron chi connectivity index (χ2n) is 6.79. The highest BCUT2D eigenvalue weighted by Crippen LogP contribution is 2.25. The van der Waals surface area contributed by atoms with E-state index in [0.29, 0.717) is 31.3 Å². The van der Waals surface area contributed by atoms with Gasteiger partial charge in [-0.25, -0.2) is 4.79 Å². The number of ether oxygens (including phenoxy) is 1. The quantitative estimate of drug-likeness (QED) is 0.922. The Morgan fingerprint density at radius 3 is 2.42 bits per heavy atom. The fourth-order valence-electron chi connectivity index (χ4n) is 3.66. The minimum absolute atomic E-state index is 0.205. The highest BCUT2D eigenvalue weighted by Gasteiger charge is 2.28. The summed E-state index contributed by atoms with van der Waals surface area (Å²) in [5.74, 6) is 0.391. The van der Waals surface area contributed by atoms with Crippen LogP contribution < -0.4 is 5.32 Å². The number of alkyl carbamates (subject to hydrolysis) is 1. The van der Waals surface area contributed by atoms with Gasteiger partial charge in [-0.3, -0.25) is 9.69 Å². The molecule has 1 aromatic carbocycles. The first-order valence-electron chi connectivity index (χ1n) is 8.93. The topological polar surface area (TPSA) is 58.6 Å². The van der Waals surface area contributed by atoms with Crippen molar-refractivity contribution in [1.29, 1.82) is 0 Å². The van der Waals surface area contributed by atoms with Crippen molar-refractivity contribution in [2.24, 2.45) is 0 Å². The standard InChI is InChI=1S/C19H26N2O3/c22-18-10-12-21(13-11-18)17-8-6-16(7-9-17)20-19(23)24-14-15-4-2-1-3-5-15/h1-5,16-17H,6-14H2,(H,20,23). The van der Waals surface area contributed by atoms with Crippen molar-refractivity contribution < 1.29 is 14.3 Å². The monoisotopic (exact) mass is 330 g/mol. The first-order valence-corrected chi connectivity index (χ1v) is 8.93. The largest absolute Gasteiger partial charge is 0.445 e. The van der Waals surface area contributed by atoms with Gasteiger partial charge in [0.1, 0.15) is 12.4 Å². The number of Topliss-reactive ketones (excluding diaryl/α,β-unsaturated/α-hetero) is 1. The molecule has 1 amide bonds. The third-order valence-corrected chi connectivity index (χ3v) is 5.10. The molecule has 130 valence electrons. The van der Waals surface area contributed by atoms with Crippen LogP contribution in [-0.4, -0.2) is 41.9 Å². The zero-order valence-corrected chi connectivity index (χ0v) is 14.1. The van der Waals surface area contributed by atoms with E-state index in [1.807, 2.05) is 30.3 Å². The van der Waals surface area contributed by atoms with Crippen molar-refractivity contribution >= 4 is 11.9 Å². The summed E-state index contributed by atoms with van der Waals surface area (Å²) in [6.45, 7) is 2.12. The van der Waals surface area contributed by atoms with Crippen molar-refractivity contribution in [3.05, 3.63) is 35.9 Å². The van der Waals surface area contributed by atoms with Gasteiger partial charge in [0.05, 0.1) is 0 Å². The van der Waals surface area contributed by atoms with Gasteiger partial charge < -0.3 is 10.1 Å². The Bertz CT molecular complexity index is 543. The molecule has 1 heterocycles. The predicted molar refractivity (Wildman–Crippen MR) is 91.6 cm³/mol. The summed E-state index contributed by atoms with van der Waals surface area (Å²) in [4.78, 5) is 25.7. The average molecular weight is 330 g/mol. The van der Waals surface area contributed by atoms with Crippen LogP contribution in [0.4, 0.5) is 4.79 Å². The van der Waals surface area contributed by atoms with Crippen LogP contribution in [-0.2, 0) is 16.1 Å². The minimum Gasteiger partial charge on any atom is -0.445 e. The second kappa shape index (κ2) is 8.29. The molecular formula is C19H26N2O3. The first-order chi connectivity index (χ1) is 11.7. The average Bonchev–Trinajstić information content (AvgIpc) is 2.62. The highest BCUT2D eigenvalue weighted by atomic mass is 16.5. The fourth-order valence-corrected chi connectivity index (χ4v) is 3.66. The molecule has 2 aliphatic rings. The Morgan fingerprint density at radius 2 is 1.75 bits per heavy atom. The third-order valence-electron chi connectivity index (χ3n) is 5.10. The lowest BCUT2D eigenvalue weighted by Gasteiger charge is -2.38. The molecule has 1 aliphatic carbocycles. The van der Waals surface area contributed by atoms with E-state index in [1.54, 1.807) is 0 Å². The summed E-state index contributed by atoms with van der Waals surface area (Å²) < 4.78 is 5.29. The summed E-state index contributed by atoms with van der Waals surface area (Å²) in [7, 11) is 0. The highest BCUT2D eigenvalue weighted by molar-refractivity contribution is 5.79. The van der Waals surface area contributed by atoms with Crippen molar-refractivity contribution in [2.45, 2.75) is 57.2 Å². The van der Waals surface area contributed by atoms with Gasteiger partial charge in [0.25, 0.3) is 0 Å². The molecule has 1 saturated heterocycles. The molecule has 1 N–H and O–H groups in total. The normalized spacial score (nSPS) is 25.2. The van der Waals surface area contributed by atoms with E-state index in [9.17, 15) is 9.59 Å². The molecule has 0 aromatic heterocycles. The van der Waals surface area contributed by atoms with Gasteiger partial charge in [0.15, 0.2) is 0 Å². The number of nitrogens with one attached hydrogen (secondary N) is 1. The predicted octanol–water partition coefficient (Wildman–Crippen LogP) is 2.89. The Labute approximate surface area is 143 Å². The van der Waals surface area contributed by atoms with E-state index in [0.717, 1.165) is 44.3 Å². The summed E-state index contributed by atoms with van der Waals surface area (Å²) in [6.07, 6.45) is 5.19. The van der Waals surface area contributed by atoms with E-state index < -0.39 is 0 Å². The lowest BCUT2D eigenvalue weighted by molar-refractivity contribution is -0.122. The van der Waals surface area contributed by atoms with Crippen LogP contribution in [0.1, 0.15) is 44.1 Å². The number of amides is 1. The van der Waals surface area contributed by atoms with Gasteiger partial charge in [-0.1, -0.05) is 30.3 Å². The Hall–Kier alpha value is -1.88. The molecule has 2 fully saturated rings. The van der Waals surface area contributed by atoms with Crippen LogP contribution in [0.15, 0.2) is 30.3 Å². The maximum Gasteiger partial charge on any atom is 0.407 e. The number of rotatable bonds is 4. The number of ketones is 1. The molecule has 5 nitrogen and oxygen atoms in total. The molecule has 24 heavy (non-hydrogen) atoms. The minimum atomic E-state index is -0.328. The third kappa shape index (κ3) is 4.81. The summed E-state index contributed by atoms with van der Waals surface area (Å²) in [5.41, 5.74) is 0.996. The summed E-state index contributed by atoms with van der Waals surface area (Å²) >= 11 is 0. The Morgan fingerprint density at radius 1 is 1.08 bits per heavy atom. The molecule has 0 unspecified atom stereocenters. The maximum atomic E-state index is 11.9. The molecule has 1 aromatic rings. The van der Waals surface area contributed by atoms with Crippen LogP contribution >= 0.6 is 0 Å². The van der Waals surface area contributed by atoms with E-state index in [4.69, 9.17) is 4.74 Å². The SMILES string of the molecule is O=C1CCN(C2CCC(NC(=O)OCc3ccccc3)CC2)CC1. The molecule has 0 radical (unpaired) electrons. The van der Waals surface area contributed by atoms with E-state index in [-0.39, 0.29) is 12.1 Å². The molecule has 3 rings (SSSR count). The van der Waals surface area contributed by atoms with E-state index >= 15 is 0 Å². The van der Waals surface area contributed by atoms with Gasteiger partial charge in [0, 0.05) is 38.0 Å². The molecule has 1 aliphatic heterocycles. The molecule has 5 heteroatoms. The van der Waals surface area contributed by atoms with Crippen molar-refractivity contribution in [1.82, 2.24) is 10.2 Å². The lowest BCUT2D eigenvalue weighted by atomic mass is 9.89. The number of benzene rings is 1. The van der Waals surface area contributed by atoms with Gasteiger partial charge in [-0.2, -0.15) is 0 Å². The summed E-state index contributed by atoms with van der Waals surface area (Å²) in [5, 5.41) is 2.99. The van der Waals surface area contributed by atoms with E-state index in [1.165, 1.54) is 0 Å². The van der Waals surface area contributed by atoms with Gasteiger partial charge in [-0.15, -0.1) is 0 Å². The number of carbonyl (C=O) groups is 2. The number of hydrogen-bond acceptors (Lipinski definition) is 4. The van der Waals surface area contributed by atoms with Crippen LogP contribution in [0, 0.1) is 0 Å². The molecule has 1 saturated carbocycles. The Balaban J connectivity index is 1.36. The van der Waals surface area contributed by atoms with Gasteiger partial charge in [0.2, 0.25) is 0 Å². The number of carbonyl (C=O) groups excluding carboxylic acids is 2. The van der Waals surface area contributed by atoms with Gasteiger partial charge in [-0.05, 0) is 31.2 Å². The van der Waals surface area contributed by atoms with Crippen molar-refractivity contribution in [2.75, 3.05) is 13.1 Å². The fraction of sp³-hybridized carbons (Fsp3) is 0.579. The Kier molecular flexibility index (Phi) is 5.86. The lowest BCUT2D eigenvalue weighted by Crippen LogP contribution is -2.46. The van der Waals surface area contributed by atoms with Crippen molar-refractivity contribution in [3.8, 4) is 0 Å². The molecule has 0 bridgehead atoms. The molecular weight excluding hydrogens is 304 g/mol. The number of likely N-dealkylation sites (tertiary alicyclic amines) is 1. The second-order valence-corrected chi connectivity index (χ2v) is 6.79. The zero-order chi connectivity index (χ0) is 16.8. The van der Waals surface area contributed by atoms with Crippen LogP contribution in [0.3, 0.4) is 0 Å². The number of nitrogens with zero attached hydrogens (tertiary/aromatic N) is 1. The molecule has 0 spiro atoms. The zero-order valence-electron chi connectivity index (χ0n) is 14.1. The maximum absolute atomic E-state index is 11.9. The number of piperidine rings is 1. The number of hydrogen-bond donors (Lipinski definition) is 1. The molecule has 0 atom stereocenters. The summed E-state index contributed by atoms with van der Waals surface area (Å²) in [6, 6.07) is 10.5.